The Kier molecular flexibility index (Phi) is 9.12. The van der Waals surface area contributed by atoms with Gasteiger partial charge in [-0.25, -0.2) is 0 Å². The molecule has 1 atom stereocenters. The molecule has 2 heterocycles. The van der Waals surface area contributed by atoms with E-state index in [0.717, 1.165) is 43.6 Å². The van der Waals surface area contributed by atoms with Crippen molar-refractivity contribution in [1.82, 2.24) is 20.9 Å². The van der Waals surface area contributed by atoms with Crippen molar-refractivity contribution in [3.8, 4) is 11.5 Å². The molecule has 1 amide bonds. The predicted molar refractivity (Wildman–Crippen MR) is 121 cm³/mol. The summed E-state index contributed by atoms with van der Waals surface area (Å²) in [5.41, 5.74) is 1.96. The predicted octanol–water partition coefficient (Wildman–Crippen LogP) is 2.48. The fourth-order valence-corrected chi connectivity index (χ4v) is 3.98. The molecule has 1 aliphatic heterocycles. The summed E-state index contributed by atoms with van der Waals surface area (Å²) in [6.45, 7) is 3.50. The number of hydrogen-bond acceptors (Lipinski definition) is 6. The third-order valence-electron chi connectivity index (χ3n) is 5.84. The Morgan fingerprint density at radius 1 is 1.13 bits per heavy atom. The molecular weight excluding hydrogens is 392 g/mol. The second kappa shape index (κ2) is 12.3. The van der Waals surface area contributed by atoms with Crippen molar-refractivity contribution in [2.24, 2.45) is 5.92 Å². The molecule has 1 unspecified atom stereocenters. The maximum atomic E-state index is 13.2. The monoisotopic (exact) mass is 426 g/mol. The quantitative estimate of drug-likeness (QED) is 0.512. The molecule has 168 valence electrons. The molecule has 1 aromatic heterocycles. The van der Waals surface area contributed by atoms with Gasteiger partial charge >= 0.3 is 0 Å². The zero-order chi connectivity index (χ0) is 21.9. The molecule has 7 nitrogen and oxygen atoms in total. The molecule has 0 aliphatic carbocycles. The first kappa shape index (κ1) is 23.0. The van der Waals surface area contributed by atoms with Gasteiger partial charge in [0.05, 0.1) is 14.2 Å². The van der Waals surface area contributed by atoms with Gasteiger partial charge in [-0.05, 0) is 81.1 Å². The second-order valence-electron chi connectivity index (χ2n) is 7.87. The fraction of sp³-hybridized carbons (Fsp3) is 0.500. The summed E-state index contributed by atoms with van der Waals surface area (Å²) in [4.78, 5) is 17.2. The number of benzene rings is 1. The van der Waals surface area contributed by atoms with Crippen LogP contribution in [0.15, 0.2) is 42.7 Å². The van der Waals surface area contributed by atoms with Crippen LogP contribution in [0.2, 0.25) is 0 Å². The van der Waals surface area contributed by atoms with Gasteiger partial charge in [-0.15, -0.1) is 0 Å². The number of nitrogens with one attached hydrogen (secondary N) is 3. The topological polar surface area (TPSA) is 84.5 Å². The third-order valence-corrected chi connectivity index (χ3v) is 5.84. The first-order chi connectivity index (χ1) is 15.2. The molecule has 3 N–H and O–H groups in total. The number of aromatic nitrogens is 1. The summed E-state index contributed by atoms with van der Waals surface area (Å²) >= 11 is 0. The number of ether oxygens (including phenoxy) is 2. The average molecular weight is 427 g/mol. The molecular formula is C24H34N4O3. The van der Waals surface area contributed by atoms with Crippen LogP contribution in [0.5, 0.6) is 11.5 Å². The number of nitrogens with zero attached hydrogens (tertiary/aromatic N) is 1. The van der Waals surface area contributed by atoms with Crippen molar-refractivity contribution in [3.05, 3.63) is 53.9 Å². The molecule has 0 spiro atoms. The summed E-state index contributed by atoms with van der Waals surface area (Å²) in [7, 11) is 3.24. The Morgan fingerprint density at radius 3 is 2.61 bits per heavy atom. The number of carbonyl (C=O) groups is 1. The average Bonchev–Trinajstić information content (AvgIpc) is 2.83. The van der Waals surface area contributed by atoms with Gasteiger partial charge in [0.25, 0.3) is 0 Å². The first-order valence-corrected chi connectivity index (χ1v) is 11.0. The Labute approximate surface area is 184 Å². The highest BCUT2D eigenvalue weighted by molar-refractivity contribution is 5.84. The van der Waals surface area contributed by atoms with Crippen molar-refractivity contribution >= 4 is 5.91 Å². The lowest BCUT2D eigenvalue weighted by Gasteiger charge is -2.25. The lowest BCUT2D eigenvalue weighted by Crippen LogP contribution is -2.39. The standard InChI is InChI=1S/C24H34N4O3/c1-30-20-3-4-21(22(17-20)31-2)23(27-15-9-18-5-11-25-12-6-18)24(29)28-16-10-19-7-13-26-14-8-19/h3-4,7-8,13-14,17-18,23,25,27H,5-6,9-12,15-16H2,1-2H3,(H,28,29). The van der Waals surface area contributed by atoms with E-state index in [0.29, 0.717) is 24.0 Å². The van der Waals surface area contributed by atoms with Crippen LogP contribution in [-0.2, 0) is 11.2 Å². The summed E-state index contributed by atoms with van der Waals surface area (Å²) in [6, 6.07) is 9.04. The van der Waals surface area contributed by atoms with Crippen LogP contribution in [0.1, 0.15) is 36.4 Å². The van der Waals surface area contributed by atoms with E-state index in [4.69, 9.17) is 9.47 Å². The highest BCUT2D eigenvalue weighted by Gasteiger charge is 2.24. The van der Waals surface area contributed by atoms with Gasteiger partial charge < -0.3 is 25.4 Å². The zero-order valence-electron chi connectivity index (χ0n) is 18.5. The van der Waals surface area contributed by atoms with E-state index in [1.165, 1.54) is 12.8 Å². The van der Waals surface area contributed by atoms with Crippen LogP contribution < -0.4 is 25.4 Å². The summed E-state index contributed by atoms with van der Waals surface area (Å²) in [6.07, 6.45) is 7.73. The Hall–Kier alpha value is -2.64. The number of methoxy groups -OCH3 is 2. The van der Waals surface area contributed by atoms with Crippen molar-refractivity contribution in [3.63, 3.8) is 0 Å². The van der Waals surface area contributed by atoms with Gasteiger partial charge in [-0.2, -0.15) is 0 Å². The van der Waals surface area contributed by atoms with Crippen LogP contribution in [0, 0.1) is 5.92 Å². The molecule has 3 rings (SSSR count). The van der Waals surface area contributed by atoms with Crippen LogP contribution >= 0.6 is 0 Å². The molecule has 1 aromatic carbocycles. The van der Waals surface area contributed by atoms with E-state index in [1.54, 1.807) is 26.6 Å². The number of hydrogen-bond donors (Lipinski definition) is 3. The molecule has 7 heteroatoms. The number of amides is 1. The molecule has 2 aromatic rings. The highest BCUT2D eigenvalue weighted by Crippen LogP contribution is 2.30. The van der Waals surface area contributed by atoms with Crippen LogP contribution in [0.25, 0.3) is 0 Å². The largest absolute Gasteiger partial charge is 0.497 e. The lowest BCUT2D eigenvalue weighted by molar-refractivity contribution is -0.123. The van der Waals surface area contributed by atoms with E-state index >= 15 is 0 Å². The smallest absolute Gasteiger partial charge is 0.241 e. The van der Waals surface area contributed by atoms with Gasteiger partial charge in [0.2, 0.25) is 5.91 Å². The number of piperidine rings is 1. The maximum Gasteiger partial charge on any atom is 0.241 e. The molecule has 31 heavy (non-hydrogen) atoms. The Morgan fingerprint density at radius 2 is 1.90 bits per heavy atom. The minimum atomic E-state index is -0.486. The number of carbonyl (C=O) groups excluding carboxylic acids is 1. The van der Waals surface area contributed by atoms with E-state index in [2.05, 4.69) is 20.9 Å². The first-order valence-electron chi connectivity index (χ1n) is 11.0. The van der Waals surface area contributed by atoms with E-state index in [9.17, 15) is 4.79 Å². The van der Waals surface area contributed by atoms with E-state index in [1.807, 2.05) is 30.3 Å². The van der Waals surface area contributed by atoms with Gasteiger partial charge in [0.15, 0.2) is 0 Å². The maximum absolute atomic E-state index is 13.2. The van der Waals surface area contributed by atoms with Gasteiger partial charge in [-0.1, -0.05) is 0 Å². The van der Waals surface area contributed by atoms with E-state index in [-0.39, 0.29) is 5.91 Å². The van der Waals surface area contributed by atoms with E-state index < -0.39 is 6.04 Å². The van der Waals surface area contributed by atoms with Crippen LogP contribution in [0.4, 0.5) is 0 Å². The zero-order valence-corrected chi connectivity index (χ0v) is 18.5. The van der Waals surface area contributed by atoms with Crippen molar-refractivity contribution < 1.29 is 14.3 Å². The van der Waals surface area contributed by atoms with Crippen molar-refractivity contribution in [2.45, 2.75) is 31.7 Å². The number of pyridine rings is 1. The van der Waals surface area contributed by atoms with Crippen LogP contribution in [-0.4, -0.2) is 51.3 Å². The third kappa shape index (κ3) is 6.94. The summed E-state index contributed by atoms with van der Waals surface area (Å²) < 4.78 is 10.9. The molecule has 1 saturated heterocycles. The minimum Gasteiger partial charge on any atom is -0.497 e. The molecule has 1 fully saturated rings. The lowest BCUT2D eigenvalue weighted by atomic mass is 9.94. The second-order valence-corrected chi connectivity index (χ2v) is 7.87. The minimum absolute atomic E-state index is 0.0529. The van der Waals surface area contributed by atoms with Gasteiger partial charge in [0, 0.05) is 30.6 Å². The fourth-order valence-electron chi connectivity index (χ4n) is 3.98. The molecule has 1 aliphatic rings. The highest BCUT2D eigenvalue weighted by atomic mass is 16.5. The molecule has 0 saturated carbocycles. The SMILES string of the molecule is COc1ccc(C(NCCC2CCNCC2)C(=O)NCCc2ccncc2)c(OC)c1. The Balaban J connectivity index is 1.66. The Bertz CT molecular complexity index is 810. The van der Waals surface area contributed by atoms with Gasteiger partial charge in [-0.3, -0.25) is 9.78 Å². The molecule has 0 radical (unpaired) electrons. The van der Waals surface area contributed by atoms with Crippen molar-refractivity contribution in [1.29, 1.82) is 0 Å². The normalized spacial score (nSPS) is 15.3. The summed E-state index contributed by atoms with van der Waals surface area (Å²) in [5.74, 6) is 1.99. The summed E-state index contributed by atoms with van der Waals surface area (Å²) in [5, 5.41) is 9.96. The van der Waals surface area contributed by atoms with Crippen LogP contribution in [0.3, 0.4) is 0 Å². The van der Waals surface area contributed by atoms with Gasteiger partial charge in [0.1, 0.15) is 17.5 Å². The number of rotatable bonds is 11. The molecule has 0 bridgehead atoms. The van der Waals surface area contributed by atoms with Crippen molar-refractivity contribution in [2.75, 3.05) is 40.4 Å².